The number of rotatable bonds is 8. The fourth-order valence-corrected chi connectivity index (χ4v) is 4.13. The van der Waals surface area contributed by atoms with E-state index in [-0.39, 0.29) is 18.4 Å². The first-order valence-corrected chi connectivity index (χ1v) is 11.4. The van der Waals surface area contributed by atoms with Crippen molar-refractivity contribution in [3.8, 4) is 11.5 Å². The fraction of sp³-hybridized carbons (Fsp3) is 0.440. The Labute approximate surface area is 194 Å². The molecule has 176 valence electrons. The minimum Gasteiger partial charge on any atom is -0.497 e. The van der Waals surface area contributed by atoms with Crippen LogP contribution in [0.5, 0.6) is 11.5 Å². The third kappa shape index (κ3) is 6.46. The molecule has 0 radical (unpaired) electrons. The topological polar surface area (TPSA) is 80.3 Å². The van der Waals surface area contributed by atoms with Crippen molar-refractivity contribution in [1.29, 1.82) is 0 Å². The van der Waals surface area contributed by atoms with Gasteiger partial charge in [-0.2, -0.15) is 0 Å². The molecule has 1 atom stereocenters. The highest BCUT2D eigenvalue weighted by atomic mass is 16.5. The molecule has 2 aliphatic rings. The smallest absolute Gasteiger partial charge is 0.262 e. The highest BCUT2D eigenvalue weighted by Gasteiger charge is 2.25. The van der Waals surface area contributed by atoms with E-state index >= 15 is 0 Å². The van der Waals surface area contributed by atoms with E-state index in [1.807, 2.05) is 4.90 Å². The van der Waals surface area contributed by atoms with Crippen molar-refractivity contribution < 1.29 is 23.8 Å². The zero-order chi connectivity index (χ0) is 23.0. The fourth-order valence-electron chi connectivity index (χ4n) is 4.13. The number of anilines is 1. The van der Waals surface area contributed by atoms with Crippen molar-refractivity contribution in [1.82, 2.24) is 9.80 Å². The molecule has 2 heterocycles. The average Bonchev–Trinajstić information content (AvgIpc) is 3.36. The summed E-state index contributed by atoms with van der Waals surface area (Å²) in [7, 11) is 1.57. The van der Waals surface area contributed by atoms with Gasteiger partial charge < -0.3 is 24.4 Å². The number of benzene rings is 2. The van der Waals surface area contributed by atoms with Crippen LogP contribution >= 0.6 is 0 Å². The van der Waals surface area contributed by atoms with Gasteiger partial charge in [0, 0.05) is 56.6 Å². The van der Waals surface area contributed by atoms with Crippen LogP contribution in [0.25, 0.3) is 0 Å². The second kappa shape index (κ2) is 11.2. The standard InChI is InChI=1S/C25H31N3O5/c1-31-22-5-2-4-20(16-22)26-24(29)18-33-21-9-7-19(8-10-21)25(30)28-13-11-27(12-14-28)17-23-6-3-15-32-23/h2,4-5,7-10,16,23H,3,6,11-15,17-18H2,1H3,(H,26,29). The SMILES string of the molecule is COc1cccc(NC(=O)COc2ccc(C(=O)N3CCN(CC4CCCO4)CC3)cc2)c1. The zero-order valence-electron chi connectivity index (χ0n) is 19.0. The Morgan fingerprint density at radius 1 is 1.06 bits per heavy atom. The van der Waals surface area contributed by atoms with Gasteiger partial charge in [0.15, 0.2) is 6.61 Å². The summed E-state index contributed by atoms with van der Waals surface area (Å²) in [6, 6.07) is 14.1. The van der Waals surface area contributed by atoms with Crippen LogP contribution in [0.2, 0.25) is 0 Å². The summed E-state index contributed by atoms with van der Waals surface area (Å²) < 4.78 is 16.4. The van der Waals surface area contributed by atoms with Gasteiger partial charge in [-0.25, -0.2) is 0 Å². The molecule has 2 saturated heterocycles. The van der Waals surface area contributed by atoms with Crippen molar-refractivity contribution in [2.45, 2.75) is 18.9 Å². The van der Waals surface area contributed by atoms with Gasteiger partial charge in [0.2, 0.25) is 0 Å². The first-order valence-electron chi connectivity index (χ1n) is 11.4. The molecule has 33 heavy (non-hydrogen) atoms. The number of carbonyl (C=O) groups excluding carboxylic acids is 2. The number of hydrogen-bond donors (Lipinski definition) is 1. The molecular weight excluding hydrogens is 422 g/mol. The van der Waals surface area contributed by atoms with Crippen molar-refractivity contribution in [2.24, 2.45) is 0 Å². The molecule has 2 amide bonds. The maximum atomic E-state index is 12.9. The number of amides is 2. The molecule has 0 bridgehead atoms. The van der Waals surface area contributed by atoms with Crippen LogP contribution in [0.1, 0.15) is 23.2 Å². The van der Waals surface area contributed by atoms with Crippen LogP contribution in [0.3, 0.4) is 0 Å². The van der Waals surface area contributed by atoms with Gasteiger partial charge >= 0.3 is 0 Å². The maximum absolute atomic E-state index is 12.9. The molecule has 2 fully saturated rings. The van der Waals surface area contributed by atoms with E-state index in [1.54, 1.807) is 55.6 Å². The summed E-state index contributed by atoms with van der Waals surface area (Å²) in [6.07, 6.45) is 2.63. The molecule has 0 saturated carbocycles. The third-order valence-corrected chi connectivity index (χ3v) is 5.97. The number of methoxy groups -OCH3 is 1. The van der Waals surface area contributed by atoms with E-state index < -0.39 is 0 Å². The van der Waals surface area contributed by atoms with Crippen molar-refractivity contribution in [2.75, 3.05) is 58.4 Å². The van der Waals surface area contributed by atoms with Crippen molar-refractivity contribution in [3.63, 3.8) is 0 Å². The lowest BCUT2D eigenvalue weighted by Gasteiger charge is -2.35. The van der Waals surface area contributed by atoms with E-state index in [4.69, 9.17) is 14.2 Å². The van der Waals surface area contributed by atoms with Gasteiger partial charge in [-0.3, -0.25) is 14.5 Å². The van der Waals surface area contributed by atoms with Gasteiger partial charge in [0.1, 0.15) is 11.5 Å². The summed E-state index contributed by atoms with van der Waals surface area (Å²) in [6.45, 7) is 4.87. The van der Waals surface area contributed by atoms with E-state index in [0.29, 0.717) is 41.9 Å². The summed E-state index contributed by atoms with van der Waals surface area (Å²) in [5.74, 6) is 0.949. The highest BCUT2D eigenvalue weighted by Crippen LogP contribution is 2.18. The number of piperazine rings is 1. The summed E-state index contributed by atoms with van der Waals surface area (Å²) in [5, 5.41) is 2.77. The lowest BCUT2D eigenvalue weighted by atomic mass is 10.1. The van der Waals surface area contributed by atoms with Gasteiger partial charge in [0.25, 0.3) is 11.8 Å². The lowest BCUT2D eigenvalue weighted by Crippen LogP contribution is -2.50. The molecule has 8 heteroatoms. The van der Waals surface area contributed by atoms with Crippen LogP contribution < -0.4 is 14.8 Å². The quantitative estimate of drug-likeness (QED) is 0.662. The van der Waals surface area contributed by atoms with Crippen LogP contribution in [0.4, 0.5) is 5.69 Å². The Morgan fingerprint density at radius 3 is 2.55 bits per heavy atom. The van der Waals surface area contributed by atoms with Crippen LogP contribution in [0.15, 0.2) is 48.5 Å². The monoisotopic (exact) mass is 453 g/mol. The van der Waals surface area contributed by atoms with Gasteiger partial charge in [0.05, 0.1) is 13.2 Å². The Bertz CT molecular complexity index is 935. The molecular formula is C25H31N3O5. The summed E-state index contributed by atoms with van der Waals surface area (Å²) >= 11 is 0. The van der Waals surface area contributed by atoms with Gasteiger partial charge in [-0.15, -0.1) is 0 Å². The third-order valence-electron chi connectivity index (χ3n) is 5.97. The van der Waals surface area contributed by atoms with Crippen LogP contribution in [0, 0.1) is 0 Å². The predicted octanol–water partition coefficient (Wildman–Crippen LogP) is 2.65. The number of hydrogen-bond acceptors (Lipinski definition) is 6. The largest absolute Gasteiger partial charge is 0.497 e. The minimum absolute atomic E-state index is 0.0223. The van der Waals surface area contributed by atoms with Gasteiger partial charge in [-0.05, 0) is 49.2 Å². The Hall–Kier alpha value is -3.10. The van der Waals surface area contributed by atoms with Gasteiger partial charge in [-0.1, -0.05) is 6.07 Å². The predicted molar refractivity (Wildman–Crippen MR) is 125 cm³/mol. The highest BCUT2D eigenvalue weighted by molar-refractivity contribution is 5.94. The van der Waals surface area contributed by atoms with E-state index in [9.17, 15) is 9.59 Å². The first-order chi connectivity index (χ1) is 16.1. The Balaban J connectivity index is 1.21. The molecule has 4 rings (SSSR count). The Morgan fingerprint density at radius 2 is 1.85 bits per heavy atom. The van der Waals surface area contributed by atoms with E-state index in [1.165, 1.54) is 0 Å². The average molecular weight is 454 g/mol. The number of carbonyl (C=O) groups is 2. The molecule has 2 aliphatic heterocycles. The number of nitrogens with zero attached hydrogens (tertiary/aromatic N) is 2. The molecule has 2 aromatic rings. The van der Waals surface area contributed by atoms with Crippen LogP contribution in [-0.4, -0.2) is 80.8 Å². The molecule has 8 nitrogen and oxygen atoms in total. The lowest BCUT2D eigenvalue weighted by molar-refractivity contribution is -0.118. The minimum atomic E-state index is -0.274. The van der Waals surface area contributed by atoms with E-state index in [2.05, 4.69) is 10.2 Å². The number of ether oxygens (including phenoxy) is 3. The molecule has 0 spiro atoms. The normalized spacial score (nSPS) is 18.7. The zero-order valence-corrected chi connectivity index (χ0v) is 19.0. The molecule has 0 aliphatic carbocycles. The summed E-state index contributed by atoms with van der Waals surface area (Å²) in [5.41, 5.74) is 1.26. The second-order valence-corrected chi connectivity index (χ2v) is 8.32. The van der Waals surface area contributed by atoms with Crippen molar-refractivity contribution >= 4 is 17.5 Å². The maximum Gasteiger partial charge on any atom is 0.262 e. The molecule has 1 N–H and O–H groups in total. The summed E-state index contributed by atoms with van der Waals surface area (Å²) in [4.78, 5) is 29.3. The number of nitrogens with one attached hydrogen (secondary N) is 1. The first kappa shape index (κ1) is 23.1. The molecule has 0 aromatic heterocycles. The second-order valence-electron chi connectivity index (χ2n) is 8.32. The van der Waals surface area contributed by atoms with E-state index in [0.717, 1.165) is 39.1 Å². The van der Waals surface area contributed by atoms with Crippen LogP contribution in [-0.2, 0) is 9.53 Å². The van der Waals surface area contributed by atoms with Crippen molar-refractivity contribution in [3.05, 3.63) is 54.1 Å². The molecule has 1 unspecified atom stereocenters. The molecule has 2 aromatic carbocycles. The Kier molecular flexibility index (Phi) is 7.80.